The van der Waals surface area contributed by atoms with Gasteiger partial charge in [0, 0.05) is 29.4 Å². The number of nitrogens with one attached hydrogen (secondary N) is 1. The quantitative estimate of drug-likeness (QED) is 0.613. The van der Waals surface area contributed by atoms with Crippen LogP contribution < -0.4 is 17.0 Å². The number of fused-ring (bicyclic) bond motifs is 1. The summed E-state index contributed by atoms with van der Waals surface area (Å²) < 4.78 is 1.64. The summed E-state index contributed by atoms with van der Waals surface area (Å²) in [6, 6.07) is 1.56. The largest absolute Gasteiger partial charge is 0.404 e. The molecule has 0 aromatic carbocycles. The van der Waals surface area contributed by atoms with Crippen LogP contribution in [0.25, 0.3) is 16.6 Å². The highest BCUT2D eigenvalue weighted by atomic mass is 16.3. The number of pyridine rings is 1. The van der Waals surface area contributed by atoms with Gasteiger partial charge in [-0.1, -0.05) is 0 Å². The van der Waals surface area contributed by atoms with E-state index in [1.807, 2.05) is 6.92 Å². The molecule has 26 heavy (non-hydrogen) atoms. The molecule has 1 fully saturated rings. The van der Waals surface area contributed by atoms with Crippen molar-refractivity contribution in [1.29, 1.82) is 5.41 Å². The topological polar surface area (TPSA) is 144 Å². The van der Waals surface area contributed by atoms with Crippen LogP contribution in [0.15, 0.2) is 17.1 Å². The summed E-state index contributed by atoms with van der Waals surface area (Å²) in [5.41, 5.74) is 12.3. The minimum absolute atomic E-state index is 0.108. The molecule has 3 rings (SSSR count). The van der Waals surface area contributed by atoms with Crippen molar-refractivity contribution in [2.45, 2.75) is 51.2 Å². The van der Waals surface area contributed by atoms with Crippen molar-refractivity contribution in [3.63, 3.8) is 0 Å². The van der Waals surface area contributed by atoms with E-state index in [-0.39, 0.29) is 17.5 Å². The molecule has 0 spiro atoms. The predicted molar refractivity (Wildman–Crippen MR) is 102 cm³/mol. The SMILES string of the molecule is Cc1nc(N)nc2c1cc(/C(C=N)=C/N)c(=O)n2C1CCC(C)(O)CC1. The lowest BCUT2D eigenvalue weighted by Gasteiger charge is -2.34. The average Bonchev–Trinajstić information content (AvgIpc) is 2.57. The summed E-state index contributed by atoms with van der Waals surface area (Å²) in [6.07, 6.45) is 4.81. The van der Waals surface area contributed by atoms with Crippen LogP contribution in [-0.4, -0.2) is 31.5 Å². The van der Waals surface area contributed by atoms with Gasteiger partial charge in [0.15, 0.2) is 0 Å². The third kappa shape index (κ3) is 3.08. The smallest absolute Gasteiger partial charge is 0.260 e. The molecule has 0 bridgehead atoms. The van der Waals surface area contributed by atoms with Crippen LogP contribution in [-0.2, 0) is 0 Å². The van der Waals surface area contributed by atoms with Gasteiger partial charge in [0.25, 0.3) is 5.56 Å². The van der Waals surface area contributed by atoms with Gasteiger partial charge in [0.2, 0.25) is 5.95 Å². The van der Waals surface area contributed by atoms with Crippen molar-refractivity contribution >= 4 is 28.8 Å². The van der Waals surface area contributed by atoms with Crippen LogP contribution in [0, 0.1) is 12.3 Å². The van der Waals surface area contributed by atoms with Gasteiger partial charge in [-0.25, -0.2) is 4.98 Å². The van der Waals surface area contributed by atoms with E-state index < -0.39 is 5.60 Å². The van der Waals surface area contributed by atoms with Gasteiger partial charge < -0.3 is 22.0 Å². The molecule has 2 aromatic rings. The zero-order valence-corrected chi connectivity index (χ0v) is 15.0. The number of aryl methyl sites for hydroxylation is 1. The van der Waals surface area contributed by atoms with E-state index in [1.54, 1.807) is 17.6 Å². The van der Waals surface area contributed by atoms with E-state index >= 15 is 0 Å². The summed E-state index contributed by atoms with van der Waals surface area (Å²) in [5, 5.41) is 18.5. The number of aromatic nitrogens is 3. The molecule has 1 aliphatic carbocycles. The Bertz CT molecular complexity index is 950. The van der Waals surface area contributed by atoms with Crippen LogP contribution in [0.3, 0.4) is 0 Å². The van der Waals surface area contributed by atoms with Crippen molar-refractivity contribution in [1.82, 2.24) is 14.5 Å². The lowest BCUT2D eigenvalue weighted by Crippen LogP contribution is -2.36. The maximum Gasteiger partial charge on any atom is 0.260 e. The van der Waals surface area contributed by atoms with E-state index in [0.29, 0.717) is 53.5 Å². The van der Waals surface area contributed by atoms with Gasteiger partial charge in [-0.05, 0) is 45.6 Å². The normalized spacial score (nSPS) is 24.0. The molecular weight excluding hydrogens is 332 g/mol. The molecule has 0 aliphatic heterocycles. The fraction of sp³-hybridized carbons (Fsp3) is 0.444. The molecule has 2 heterocycles. The van der Waals surface area contributed by atoms with Gasteiger partial charge in [0.05, 0.1) is 16.9 Å². The Hall–Kier alpha value is -2.74. The van der Waals surface area contributed by atoms with Crippen molar-refractivity contribution in [3.8, 4) is 0 Å². The number of hydrogen-bond donors (Lipinski definition) is 4. The number of aliphatic hydroxyl groups is 1. The molecule has 6 N–H and O–H groups in total. The first-order chi connectivity index (χ1) is 12.3. The Morgan fingerprint density at radius 2 is 2.08 bits per heavy atom. The summed E-state index contributed by atoms with van der Waals surface area (Å²) in [4.78, 5) is 21.7. The van der Waals surface area contributed by atoms with Crippen LogP contribution in [0.2, 0.25) is 0 Å². The molecule has 138 valence electrons. The maximum atomic E-state index is 13.2. The van der Waals surface area contributed by atoms with E-state index in [4.69, 9.17) is 16.9 Å². The number of anilines is 1. The Balaban J connectivity index is 2.30. The lowest BCUT2D eigenvalue weighted by atomic mass is 9.83. The first kappa shape index (κ1) is 18.1. The standard InChI is InChI=1S/C18H24N6O2/c1-10-13-7-14(11(8-19)9-20)16(25)24(15(13)23-17(21)22-10)12-3-5-18(2,26)6-4-12/h7-9,12,19,26H,3-6,20H2,1-2H3,(H2,21,22,23)/b11-9+,19-8?. The molecule has 8 heteroatoms. The molecule has 0 atom stereocenters. The Kier molecular flexibility index (Phi) is 4.53. The fourth-order valence-corrected chi connectivity index (χ4v) is 3.62. The number of nitrogens with two attached hydrogens (primary N) is 2. The van der Waals surface area contributed by atoms with Crippen LogP contribution in [0.5, 0.6) is 0 Å². The summed E-state index contributed by atoms with van der Waals surface area (Å²) in [6.45, 7) is 3.62. The Morgan fingerprint density at radius 3 is 2.65 bits per heavy atom. The molecule has 0 amide bonds. The first-order valence-corrected chi connectivity index (χ1v) is 8.62. The minimum atomic E-state index is -0.714. The number of nitrogens with zero attached hydrogens (tertiary/aromatic N) is 3. The molecule has 2 aromatic heterocycles. The highest BCUT2D eigenvalue weighted by Crippen LogP contribution is 2.35. The van der Waals surface area contributed by atoms with Crippen LogP contribution in [0.1, 0.15) is 49.9 Å². The second-order valence-corrected chi connectivity index (χ2v) is 7.13. The van der Waals surface area contributed by atoms with Crippen molar-refractivity contribution in [2.75, 3.05) is 5.73 Å². The monoisotopic (exact) mass is 356 g/mol. The van der Waals surface area contributed by atoms with Crippen molar-refractivity contribution in [3.05, 3.63) is 33.9 Å². The molecule has 0 saturated heterocycles. The highest BCUT2D eigenvalue weighted by molar-refractivity contribution is 6.08. The zero-order valence-electron chi connectivity index (χ0n) is 15.0. The third-order valence-electron chi connectivity index (χ3n) is 5.14. The predicted octanol–water partition coefficient (Wildman–Crippen LogP) is 1.50. The average molecular weight is 356 g/mol. The van der Waals surface area contributed by atoms with Crippen molar-refractivity contribution < 1.29 is 5.11 Å². The first-order valence-electron chi connectivity index (χ1n) is 8.62. The van der Waals surface area contributed by atoms with E-state index in [1.165, 1.54) is 6.20 Å². The maximum absolute atomic E-state index is 13.2. The van der Waals surface area contributed by atoms with E-state index in [0.717, 1.165) is 6.21 Å². The summed E-state index contributed by atoms with van der Waals surface area (Å²) in [7, 11) is 0. The van der Waals surface area contributed by atoms with E-state index in [9.17, 15) is 9.90 Å². The molecule has 1 aliphatic rings. The minimum Gasteiger partial charge on any atom is -0.404 e. The second-order valence-electron chi connectivity index (χ2n) is 7.13. The molecule has 8 nitrogen and oxygen atoms in total. The Morgan fingerprint density at radius 1 is 1.42 bits per heavy atom. The van der Waals surface area contributed by atoms with E-state index in [2.05, 4.69) is 9.97 Å². The molecule has 0 unspecified atom stereocenters. The van der Waals surface area contributed by atoms with Gasteiger partial charge in [-0.15, -0.1) is 0 Å². The number of rotatable bonds is 3. The molecule has 0 radical (unpaired) electrons. The van der Waals surface area contributed by atoms with Gasteiger partial charge >= 0.3 is 0 Å². The number of nitrogen functional groups attached to an aromatic ring is 1. The Labute approximate surface area is 151 Å². The highest BCUT2D eigenvalue weighted by Gasteiger charge is 2.31. The number of hydrogen-bond acceptors (Lipinski definition) is 7. The van der Waals surface area contributed by atoms with Crippen LogP contribution in [0.4, 0.5) is 5.95 Å². The fourth-order valence-electron chi connectivity index (χ4n) is 3.62. The lowest BCUT2D eigenvalue weighted by molar-refractivity contribution is 0.00998. The second kappa shape index (κ2) is 6.53. The third-order valence-corrected chi connectivity index (χ3v) is 5.14. The van der Waals surface area contributed by atoms with Gasteiger partial charge in [-0.2, -0.15) is 4.98 Å². The van der Waals surface area contributed by atoms with Gasteiger partial charge in [-0.3, -0.25) is 9.36 Å². The summed E-state index contributed by atoms with van der Waals surface area (Å²) in [5.74, 6) is 0.111. The number of allylic oxidation sites excluding steroid dienone is 1. The summed E-state index contributed by atoms with van der Waals surface area (Å²) >= 11 is 0. The zero-order chi connectivity index (χ0) is 19.1. The molecule has 1 saturated carbocycles. The van der Waals surface area contributed by atoms with Crippen molar-refractivity contribution in [2.24, 2.45) is 5.73 Å². The van der Waals surface area contributed by atoms with Crippen LogP contribution >= 0.6 is 0 Å². The molecular formula is C18H24N6O2. The van der Waals surface area contributed by atoms with Gasteiger partial charge in [0.1, 0.15) is 5.65 Å².